The third-order valence-corrected chi connectivity index (χ3v) is 3.85. The molecule has 0 radical (unpaired) electrons. The maximum Gasteiger partial charge on any atom is 0.308 e. The van der Waals surface area contributed by atoms with E-state index >= 15 is 0 Å². The fraction of sp³-hybridized carbons (Fsp3) is 0.111. The van der Waals surface area contributed by atoms with Crippen LogP contribution >= 0.6 is 0 Å². The van der Waals surface area contributed by atoms with Gasteiger partial charge in [-0.15, -0.1) is 0 Å². The Labute approximate surface area is 143 Å². The number of amides is 1. The number of ether oxygens (including phenoxy) is 1. The fourth-order valence-electron chi connectivity index (χ4n) is 2.73. The minimum Gasteiger partial charge on any atom is -0.425 e. The number of carbonyl (C=O) groups excluding carboxylic acids is 2. The fourth-order valence-corrected chi connectivity index (χ4v) is 2.73. The Hall–Kier alpha value is -3.48. The summed E-state index contributed by atoms with van der Waals surface area (Å²) in [5.41, 5.74) is 1.40. The zero-order chi connectivity index (χ0) is 18.1. The van der Waals surface area contributed by atoms with Gasteiger partial charge in [0, 0.05) is 37.2 Å². The monoisotopic (exact) mass is 338 g/mol. The first kappa shape index (κ1) is 16.4. The number of benzene rings is 2. The van der Waals surface area contributed by atoms with Gasteiger partial charge in [-0.3, -0.25) is 19.7 Å². The molecule has 0 atom stereocenters. The van der Waals surface area contributed by atoms with Crippen molar-refractivity contribution < 1.29 is 19.2 Å². The molecule has 0 unspecified atom stereocenters. The second kappa shape index (κ2) is 6.20. The van der Waals surface area contributed by atoms with Gasteiger partial charge in [0.05, 0.1) is 16.2 Å². The lowest BCUT2D eigenvalue weighted by Gasteiger charge is -2.11. The van der Waals surface area contributed by atoms with Crippen LogP contribution in [0.2, 0.25) is 0 Å². The molecule has 2 aromatic rings. The molecule has 1 heterocycles. The Morgan fingerprint density at radius 2 is 1.84 bits per heavy atom. The third kappa shape index (κ3) is 2.87. The van der Waals surface area contributed by atoms with Crippen molar-refractivity contribution in [3.05, 3.63) is 69.8 Å². The summed E-state index contributed by atoms with van der Waals surface area (Å²) in [7, 11) is 1.57. The summed E-state index contributed by atoms with van der Waals surface area (Å²) in [4.78, 5) is 36.3. The van der Waals surface area contributed by atoms with Crippen LogP contribution in [0.15, 0.2) is 48.5 Å². The molecule has 0 saturated carbocycles. The number of hydrogen-bond donors (Lipinski definition) is 0. The number of fused-ring (bicyclic) bond motifs is 1. The first-order valence-electron chi connectivity index (χ1n) is 7.45. The van der Waals surface area contributed by atoms with E-state index in [1.54, 1.807) is 37.4 Å². The topological polar surface area (TPSA) is 89.8 Å². The molecule has 0 fully saturated rings. The zero-order valence-electron chi connectivity index (χ0n) is 13.6. The number of rotatable bonds is 3. The van der Waals surface area contributed by atoms with E-state index in [1.165, 1.54) is 30.0 Å². The summed E-state index contributed by atoms with van der Waals surface area (Å²) in [5, 5.41) is 11.1. The van der Waals surface area contributed by atoms with E-state index in [1.807, 2.05) is 0 Å². The molecular weight excluding hydrogens is 324 g/mol. The summed E-state index contributed by atoms with van der Waals surface area (Å²) >= 11 is 0. The number of nitro groups is 1. The number of esters is 1. The Morgan fingerprint density at radius 3 is 2.44 bits per heavy atom. The maximum atomic E-state index is 12.7. The molecule has 0 aliphatic carbocycles. The molecule has 0 aromatic heterocycles. The average Bonchev–Trinajstić information content (AvgIpc) is 2.84. The van der Waals surface area contributed by atoms with Crippen LogP contribution in [-0.4, -0.2) is 23.8 Å². The lowest BCUT2D eigenvalue weighted by atomic mass is 10.0. The van der Waals surface area contributed by atoms with Gasteiger partial charge >= 0.3 is 5.97 Å². The van der Waals surface area contributed by atoms with E-state index < -0.39 is 16.8 Å². The van der Waals surface area contributed by atoms with Gasteiger partial charge in [-0.25, -0.2) is 0 Å². The molecule has 2 aromatic carbocycles. The van der Waals surface area contributed by atoms with Gasteiger partial charge in [0.1, 0.15) is 0 Å². The molecule has 7 heteroatoms. The number of hydrogen-bond acceptors (Lipinski definition) is 5. The summed E-state index contributed by atoms with van der Waals surface area (Å²) < 4.78 is 5.32. The van der Waals surface area contributed by atoms with Gasteiger partial charge in [0.25, 0.3) is 11.6 Å². The van der Waals surface area contributed by atoms with Crippen LogP contribution in [0, 0.1) is 10.1 Å². The first-order valence-corrected chi connectivity index (χ1v) is 7.45. The smallest absolute Gasteiger partial charge is 0.308 e. The molecule has 1 amide bonds. The van der Waals surface area contributed by atoms with Gasteiger partial charge in [-0.1, -0.05) is 30.3 Å². The van der Waals surface area contributed by atoms with Crippen molar-refractivity contribution in [3.63, 3.8) is 0 Å². The molecule has 1 aliphatic heterocycles. The molecule has 126 valence electrons. The van der Waals surface area contributed by atoms with E-state index in [4.69, 9.17) is 4.74 Å². The quantitative estimate of drug-likeness (QED) is 0.282. The molecule has 1 aliphatic rings. The van der Waals surface area contributed by atoms with Crippen molar-refractivity contribution in [2.75, 3.05) is 11.9 Å². The van der Waals surface area contributed by atoms with Crippen LogP contribution in [0.5, 0.6) is 0 Å². The standard InChI is InChI=1S/C18H14N2O5/c1-11(21)25-17(12-6-4-3-5-7-12)16-14-10-13(20(23)24)8-9-15(14)19(2)18(16)22/h3-10H,1-2H3/b17-16+. The van der Waals surface area contributed by atoms with Crippen molar-refractivity contribution in [2.45, 2.75) is 6.92 Å². The molecule has 0 bridgehead atoms. The molecule has 25 heavy (non-hydrogen) atoms. The third-order valence-electron chi connectivity index (χ3n) is 3.85. The highest BCUT2D eigenvalue weighted by Crippen LogP contribution is 2.42. The molecule has 0 N–H and O–H groups in total. The van der Waals surface area contributed by atoms with Crippen molar-refractivity contribution in [2.24, 2.45) is 0 Å². The summed E-state index contributed by atoms with van der Waals surface area (Å²) in [6.45, 7) is 1.24. The average molecular weight is 338 g/mol. The predicted octanol–water partition coefficient (Wildman–Crippen LogP) is 3.00. The van der Waals surface area contributed by atoms with Crippen molar-refractivity contribution in [3.8, 4) is 0 Å². The zero-order valence-corrected chi connectivity index (χ0v) is 13.6. The number of anilines is 1. The largest absolute Gasteiger partial charge is 0.425 e. The molecule has 7 nitrogen and oxygen atoms in total. The van der Waals surface area contributed by atoms with E-state index in [0.717, 1.165) is 0 Å². The van der Waals surface area contributed by atoms with Gasteiger partial charge in [0.15, 0.2) is 5.76 Å². The highest BCUT2D eigenvalue weighted by molar-refractivity contribution is 6.37. The highest BCUT2D eigenvalue weighted by atomic mass is 16.6. The van der Waals surface area contributed by atoms with Crippen molar-refractivity contribution in [1.82, 2.24) is 0 Å². The van der Waals surface area contributed by atoms with Crippen LogP contribution in [0.1, 0.15) is 18.1 Å². The first-order chi connectivity index (χ1) is 11.9. The minimum absolute atomic E-state index is 0.0872. The van der Waals surface area contributed by atoms with Crippen LogP contribution < -0.4 is 4.90 Å². The Morgan fingerprint density at radius 1 is 1.16 bits per heavy atom. The van der Waals surface area contributed by atoms with E-state index in [9.17, 15) is 19.7 Å². The molecule has 0 saturated heterocycles. The Balaban J connectivity index is 2.31. The van der Waals surface area contributed by atoms with E-state index in [-0.39, 0.29) is 17.0 Å². The number of likely N-dealkylation sites (N-methyl/N-ethyl adjacent to an activating group) is 1. The van der Waals surface area contributed by atoms with Crippen molar-refractivity contribution in [1.29, 1.82) is 0 Å². The van der Waals surface area contributed by atoms with E-state index in [2.05, 4.69) is 0 Å². The SMILES string of the molecule is CC(=O)O/C(=C1/C(=O)N(C)c2ccc([N+](=O)[O-])cc21)c1ccccc1. The van der Waals surface area contributed by atoms with Gasteiger partial charge in [-0.2, -0.15) is 0 Å². The van der Waals surface area contributed by atoms with Gasteiger partial charge in [-0.05, 0) is 6.07 Å². The molecule has 0 spiro atoms. The van der Waals surface area contributed by atoms with Crippen LogP contribution in [0.4, 0.5) is 11.4 Å². The molecular formula is C18H14N2O5. The van der Waals surface area contributed by atoms with Crippen LogP contribution in [0.3, 0.4) is 0 Å². The van der Waals surface area contributed by atoms with Crippen molar-refractivity contribution >= 4 is 34.6 Å². The van der Waals surface area contributed by atoms with Crippen LogP contribution in [0.25, 0.3) is 11.3 Å². The maximum absolute atomic E-state index is 12.7. The Bertz CT molecular complexity index is 918. The lowest BCUT2D eigenvalue weighted by molar-refractivity contribution is -0.384. The highest BCUT2D eigenvalue weighted by Gasteiger charge is 2.35. The summed E-state index contributed by atoms with van der Waals surface area (Å²) in [6.07, 6.45) is 0. The second-order valence-electron chi connectivity index (χ2n) is 5.49. The van der Waals surface area contributed by atoms with Gasteiger partial charge in [0.2, 0.25) is 0 Å². The molecule has 3 rings (SSSR count). The predicted molar refractivity (Wildman–Crippen MR) is 91.5 cm³/mol. The lowest BCUT2D eigenvalue weighted by Crippen LogP contribution is -2.21. The number of nitro benzene ring substituents is 1. The number of non-ortho nitro benzene ring substituents is 1. The van der Waals surface area contributed by atoms with E-state index in [0.29, 0.717) is 16.8 Å². The minimum atomic E-state index is -0.583. The van der Waals surface area contributed by atoms with Crippen LogP contribution in [-0.2, 0) is 14.3 Å². The normalized spacial score (nSPS) is 15.0. The number of nitrogens with zero attached hydrogens (tertiary/aromatic N) is 2. The summed E-state index contributed by atoms with van der Waals surface area (Å²) in [5.74, 6) is -0.888. The number of carbonyl (C=O) groups is 2. The van der Waals surface area contributed by atoms with Gasteiger partial charge < -0.3 is 9.64 Å². The Kier molecular flexibility index (Phi) is 4.06. The second-order valence-corrected chi connectivity index (χ2v) is 5.49. The summed E-state index contributed by atoms with van der Waals surface area (Å²) in [6, 6.07) is 12.9.